The maximum Gasteiger partial charge on any atom is 0.268 e. The van der Waals surface area contributed by atoms with Gasteiger partial charge in [0, 0.05) is 18.1 Å². The summed E-state index contributed by atoms with van der Waals surface area (Å²) in [6.45, 7) is 0.929. The summed E-state index contributed by atoms with van der Waals surface area (Å²) in [7, 11) is 0. The van der Waals surface area contributed by atoms with Gasteiger partial charge in [0.15, 0.2) is 11.5 Å². The van der Waals surface area contributed by atoms with Crippen molar-refractivity contribution in [3.05, 3.63) is 22.7 Å². The third-order valence-corrected chi connectivity index (χ3v) is 2.75. The van der Waals surface area contributed by atoms with Crippen LogP contribution in [0, 0.1) is 0 Å². The van der Waals surface area contributed by atoms with Gasteiger partial charge in [-0.25, -0.2) is 8.78 Å². The van der Waals surface area contributed by atoms with E-state index in [4.69, 9.17) is 21.1 Å². The summed E-state index contributed by atoms with van der Waals surface area (Å²) >= 11 is 5.82. The smallest absolute Gasteiger partial charge is 0.268 e. The molecule has 1 aliphatic heterocycles. The second kappa shape index (κ2) is 5.06. The van der Waals surface area contributed by atoms with Gasteiger partial charge in [-0.1, -0.05) is 11.6 Å². The SMILES string of the molecule is OC(c1cc2c(cc1Cl)OCCCO2)C(F)F. The van der Waals surface area contributed by atoms with Gasteiger partial charge in [0.25, 0.3) is 6.43 Å². The van der Waals surface area contributed by atoms with Crippen LogP contribution in [0.25, 0.3) is 0 Å². The van der Waals surface area contributed by atoms with E-state index in [-0.39, 0.29) is 10.6 Å². The number of rotatable bonds is 2. The molecule has 1 aromatic rings. The molecule has 2 rings (SSSR count). The van der Waals surface area contributed by atoms with Crippen molar-refractivity contribution in [2.45, 2.75) is 19.0 Å². The average Bonchev–Trinajstić information content (AvgIpc) is 2.51. The molecule has 3 nitrogen and oxygen atoms in total. The minimum atomic E-state index is -2.89. The Kier molecular flexibility index (Phi) is 3.69. The molecule has 1 atom stereocenters. The van der Waals surface area contributed by atoms with Crippen LogP contribution in [0.2, 0.25) is 5.02 Å². The number of aliphatic hydroxyl groups is 1. The van der Waals surface area contributed by atoms with Gasteiger partial charge in [-0.2, -0.15) is 0 Å². The van der Waals surface area contributed by atoms with Crippen molar-refractivity contribution < 1.29 is 23.4 Å². The van der Waals surface area contributed by atoms with Crippen LogP contribution in [0.4, 0.5) is 8.78 Å². The first-order valence-corrected chi connectivity index (χ1v) is 5.52. The van der Waals surface area contributed by atoms with Gasteiger partial charge in [0.05, 0.1) is 18.2 Å². The van der Waals surface area contributed by atoms with Crippen LogP contribution in [0.3, 0.4) is 0 Å². The molecular weight excluding hydrogens is 254 g/mol. The molecule has 6 heteroatoms. The number of alkyl halides is 2. The first kappa shape index (κ1) is 12.4. The molecule has 0 aliphatic carbocycles. The Labute approximate surface area is 102 Å². The van der Waals surface area contributed by atoms with Crippen molar-refractivity contribution in [3.63, 3.8) is 0 Å². The van der Waals surface area contributed by atoms with E-state index in [1.54, 1.807) is 0 Å². The molecule has 0 radical (unpaired) electrons. The Bertz CT molecular complexity index is 412. The van der Waals surface area contributed by atoms with Gasteiger partial charge < -0.3 is 14.6 Å². The molecule has 1 aliphatic rings. The predicted octanol–water partition coefficient (Wildman–Crippen LogP) is 2.80. The van der Waals surface area contributed by atoms with Crippen LogP contribution in [-0.2, 0) is 0 Å². The van der Waals surface area contributed by atoms with E-state index < -0.39 is 12.5 Å². The van der Waals surface area contributed by atoms with Crippen molar-refractivity contribution in [2.24, 2.45) is 0 Å². The lowest BCUT2D eigenvalue weighted by molar-refractivity contribution is -0.00584. The lowest BCUT2D eigenvalue weighted by Crippen LogP contribution is -2.09. The highest BCUT2D eigenvalue weighted by molar-refractivity contribution is 6.31. The normalized spacial score (nSPS) is 16.8. The van der Waals surface area contributed by atoms with Gasteiger partial charge in [-0.15, -0.1) is 0 Å². The van der Waals surface area contributed by atoms with E-state index in [0.29, 0.717) is 31.1 Å². The molecule has 1 aromatic carbocycles. The quantitative estimate of drug-likeness (QED) is 0.893. The lowest BCUT2D eigenvalue weighted by Gasteiger charge is -2.15. The molecular formula is C11H11ClF2O3. The third kappa shape index (κ3) is 2.61. The van der Waals surface area contributed by atoms with Crippen molar-refractivity contribution in [2.75, 3.05) is 13.2 Å². The van der Waals surface area contributed by atoms with Crippen LogP contribution in [0.15, 0.2) is 12.1 Å². The zero-order valence-corrected chi connectivity index (χ0v) is 9.58. The molecule has 0 fully saturated rings. The summed E-state index contributed by atoms with van der Waals surface area (Å²) in [5, 5.41) is 9.36. The zero-order valence-electron chi connectivity index (χ0n) is 8.83. The summed E-state index contributed by atoms with van der Waals surface area (Å²) in [4.78, 5) is 0. The molecule has 0 aromatic heterocycles. The number of fused-ring (bicyclic) bond motifs is 1. The Morgan fingerprint density at radius 2 is 1.76 bits per heavy atom. The minimum absolute atomic E-state index is 0.0436. The number of hydrogen-bond acceptors (Lipinski definition) is 3. The Balaban J connectivity index is 2.38. The third-order valence-electron chi connectivity index (χ3n) is 2.42. The standard InChI is InChI=1S/C11H11ClF2O3/c12-7-5-9-8(16-2-1-3-17-9)4-6(7)10(15)11(13)14/h4-5,10-11,15H,1-3H2. The van der Waals surface area contributed by atoms with Gasteiger partial charge >= 0.3 is 0 Å². The lowest BCUT2D eigenvalue weighted by atomic mass is 10.1. The maximum absolute atomic E-state index is 12.4. The first-order chi connectivity index (χ1) is 8.09. The summed E-state index contributed by atoms with van der Waals surface area (Å²) < 4.78 is 35.5. The second-order valence-electron chi connectivity index (χ2n) is 3.65. The van der Waals surface area contributed by atoms with Gasteiger partial charge in [-0.05, 0) is 6.07 Å². The minimum Gasteiger partial charge on any atom is -0.490 e. The van der Waals surface area contributed by atoms with Gasteiger partial charge in [0.2, 0.25) is 0 Å². The summed E-state index contributed by atoms with van der Waals surface area (Å²) in [5.41, 5.74) is -0.0501. The molecule has 1 N–H and O–H groups in total. The van der Waals surface area contributed by atoms with E-state index in [9.17, 15) is 13.9 Å². The molecule has 0 spiro atoms. The van der Waals surface area contributed by atoms with E-state index in [1.165, 1.54) is 12.1 Å². The Morgan fingerprint density at radius 1 is 1.18 bits per heavy atom. The fraction of sp³-hybridized carbons (Fsp3) is 0.455. The fourth-order valence-corrected chi connectivity index (χ4v) is 1.83. The number of ether oxygens (including phenoxy) is 2. The van der Waals surface area contributed by atoms with Crippen LogP contribution in [0.5, 0.6) is 11.5 Å². The molecule has 0 saturated heterocycles. The summed E-state index contributed by atoms with van der Waals surface area (Å²) in [6.07, 6.45) is -4.10. The summed E-state index contributed by atoms with van der Waals surface area (Å²) in [6, 6.07) is 2.70. The molecule has 0 amide bonds. The number of hydrogen-bond donors (Lipinski definition) is 1. The second-order valence-corrected chi connectivity index (χ2v) is 4.06. The predicted molar refractivity (Wildman–Crippen MR) is 58.0 cm³/mol. The zero-order chi connectivity index (χ0) is 12.4. The molecule has 1 unspecified atom stereocenters. The molecule has 1 heterocycles. The van der Waals surface area contributed by atoms with Gasteiger partial charge in [-0.3, -0.25) is 0 Å². The number of aliphatic hydroxyl groups excluding tert-OH is 1. The van der Waals surface area contributed by atoms with Crippen molar-refractivity contribution >= 4 is 11.6 Å². The largest absolute Gasteiger partial charge is 0.490 e. The molecule has 0 saturated carbocycles. The van der Waals surface area contributed by atoms with E-state index in [1.807, 2.05) is 0 Å². The molecule has 17 heavy (non-hydrogen) atoms. The first-order valence-electron chi connectivity index (χ1n) is 5.15. The number of halogens is 3. The van der Waals surface area contributed by atoms with E-state index in [2.05, 4.69) is 0 Å². The van der Waals surface area contributed by atoms with Crippen molar-refractivity contribution in [3.8, 4) is 11.5 Å². The molecule has 94 valence electrons. The number of benzene rings is 1. The van der Waals surface area contributed by atoms with Crippen LogP contribution < -0.4 is 9.47 Å². The van der Waals surface area contributed by atoms with E-state index in [0.717, 1.165) is 0 Å². The van der Waals surface area contributed by atoms with Gasteiger partial charge in [0.1, 0.15) is 6.10 Å². The van der Waals surface area contributed by atoms with Crippen LogP contribution >= 0.6 is 11.6 Å². The maximum atomic E-state index is 12.4. The van der Waals surface area contributed by atoms with E-state index >= 15 is 0 Å². The molecule has 0 bridgehead atoms. The monoisotopic (exact) mass is 264 g/mol. The fourth-order valence-electron chi connectivity index (χ4n) is 1.56. The van der Waals surface area contributed by atoms with Crippen LogP contribution in [-0.4, -0.2) is 24.7 Å². The van der Waals surface area contributed by atoms with Crippen molar-refractivity contribution in [1.82, 2.24) is 0 Å². The highest BCUT2D eigenvalue weighted by atomic mass is 35.5. The average molecular weight is 265 g/mol. The highest BCUT2D eigenvalue weighted by Crippen LogP contribution is 2.38. The topological polar surface area (TPSA) is 38.7 Å². The van der Waals surface area contributed by atoms with Crippen LogP contribution in [0.1, 0.15) is 18.1 Å². The van der Waals surface area contributed by atoms with Crippen molar-refractivity contribution in [1.29, 1.82) is 0 Å². The Hall–Kier alpha value is -1.07. The summed E-state index contributed by atoms with van der Waals surface area (Å²) in [5.74, 6) is 0.749. The Morgan fingerprint density at radius 3 is 2.35 bits per heavy atom. The highest BCUT2D eigenvalue weighted by Gasteiger charge is 2.24.